The molecule has 0 aliphatic carbocycles. The quantitative estimate of drug-likeness (QED) is 0.658. The van der Waals surface area contributed by atoms with Gasteiger partial charge in [0.05, 0.1) is 0 Å². The number of carboxylic acid groups (broad SMARTS) is 1. The molecule has 0 fully saturated rings. The Balaban J connectivity index is 1.82. The Kier molecular flexibility index (Phi) is 6.35. The minimum Gasteiger partial charge on any atom is -0.477 e. The molecule has 0 saturated carbocycles. The molecule has 0 saturated heterocycles. The highest BCUT2D eigenvalue weighted by Crippen LogP contribution is 2.13. The van der Waals surface area contributed by atoms with Crippen molar-refractivity contribution in [1.29, 1.82) is 0 Å². The molecule has 0 bridgehead atoms. The van der Waals surface area contributed by atoms with E-state index >= 15 is 0 Å². The number of nitrogens with zero attached hydrogens (tertiary/aromatic N) is 2. The second kappa shape index (κ2) is 8.28. The van der Waals surface area contributed by atoms with Crippen molar-refractivity contribution in [2.24, 2.45) is 7.05 Å². The zero-order valence-electron chi connectivity index (χ0n) is 14.3. The number of aryl methyl sites for hydroxylation is 1. The van der Waals surface area contributed by atoms with E-state index in [0.29, 0.717) is 13.0 Å². The number of rotatable bonds is 9. The van der Waals surface area contributed by atoms with Crippen LogP contribution in [0.4, 0.5) is 0 Å². The first-order chi connectivity index (χ1) is 11.8. The van der Waals surface area contributed by atoms with Crippen molar-refractivity contribution in [3.05, 3.63) is 53.9 Å². The molecule has 1 aromatic carbocycles. The predicted octanol–water partition coefficient (Wildman–Crippen LogP) is 1.52. The molecular formula is C17H23N3O4S. The molecular weight excluding hydrogens is 342 g/mol. The first kappa shape index (κ1) is 19.2. The van der Waals surface area contributed by atoms with Crippen LogP contribution < -0.4 is 4.72 Å². The zero-order valence-corrected chi connectivity index (χ0v) is 15.2. The van der Waals surface area contributed by atoms with Crippen molar-refractivity contribution >= 4 is 16.0 Å². The third-order valence-electron chi connectivity index (χ3n) is 3.81. The number of sulfonamides is 1. The lowest BCUT2D eigenvalue weighted by Crippen LogP contribution is -2.28. The van der Waals surface area contributed by atoms with Gasteiger partial charge in [-0.1, -0.05) is 30.3 Å². The van der Waals surface area contributed by atoms with Gasteiger partial charge in [-0.05, 0) is 31.6 Å². The van der Waals surface area contributed by atoms with Gasteiger partial charge >= 0.3 is 5.97 Å². The van der Waals surface area contributed by atoms with Gasteiger partial charge < -0.3 is 14.6 Å². The van der Waals surface area contributed by atoms with Gasteiger partial charge in [0.25, 0.3) is 0 Å². The van der Waals surface area contributed by atoms with E-state index in [0.717, 1.165) is 19.2 Å². The Hall–Kier alpha value is -2.16. The maximum atomic E-state index is 12.2. The van der Waals surface area contributed by atoms with E-state index in [1.54, 1.807) is 0 Å². The van der Waals surface area contributed by atoms with Crippen molar-refractivity contribution in [3.8, 4) is 0 Å². The van der Waals surface area contributed by atoms with E-state index in [1.807, 2.05) is 25.2 Å². The highest BCUT2D eigenvalue weighted by Gasteiger charge is 2.19. The zero-order chi connectivity index (χ0) is 18.4. The van der Waals surface area contributed by atoms with Crippen molar-refractivity contribution in [3.63, 3.8) is 0 Å². The molecule has 0 amide bonds. The fourth-order valence-corrected chi connectivity index (χ4v) is 3.65. The van der Waals surface area contributed by atoms with E-state index in [2.05, 4.69) is 21.8 Å². The smallest absolute Gasteiger partial charge is 0.352 e. The van der Waals surface area contributed by atoms with Crippen molar-refractivity contribution in [2.75, 3.05) is 20.1 Å². The van der Waals surface area contributed by atoms with E-state index < -0.39 is 16.0 Å². The number of hydrogen-bond acceptors (Lipinski definition) is 4. The molecule has 0 radical (unpaired) electrons. The molecule has 0 spiro atoms. The lowest BCUT2D eigenvalue weighted by atomic mass is 10.2. The Morgan fingerprint density at radius 3 is 2.56 bits per heavy atom. The van der Waals surface area contributed by atoms with Gasteiger partial charge in [-0.25, -0.2) is 17.9 Å². The molecule has 7 nitrogen and oxygen atoms in total. The van der Waals surface area contributed by atoms with Crippen LogP contribution in [0.1, 0.15) is 22.5 Å². The fraction of sp³-hybridized carbons (Fsp3) is 0.353. The number of nitrogens with one attached hydrogen (secondary N) is 1. The van der Waals surface area contributed by atoms with Gasteiger partial charge in [0.15, 0.2) is 0 Å². The summed E-state index contributed by atoms with van der Waals surface area (Å²) in [6, 6.07) is 11.2. The third kappa shape index (κ3) is 5.42. The van der Waals surface area contributed by atoms with Gasteiger partial charge in [0.2, 0.25) is 10.0 Å². The molecule has 2 aromatic rings. The van der Waals surface area contributed by atoms with Crippen molar-refractivity contribution in [1.82, 2.24) is 14.2 Å². The van der Waals surface area contributed by atoms with Crippen LogP contribution in [0.25, 0.3) is 0 Å². The fourth-order valence-electron chi connectivity index (χ4n) is 2.51. The molecule has 0 unspecified atom stereocenters. The molecule has 0 atom stereocenters. The Morgan fingerprint density at radius 1 is 1.28 bits per heavy atom. The molecule has 2 N–H and O–H groups in total. The molecule has 1 aromatic heterocycles. The topological polar surface area (TPSA) is 91.6 Å². The van der Waals surface area contributed by atoms with Crippen LogP contribution in [-0.4, -0.2) is 49.1 Å². The van der Waals surface area contributed by atoms with E-state index in [4.69, 9.17) is 5.11 Å². The minimum absolute atomic E-state index is 0.0370. The molecule has 8 heteroatoms. The molecule has 136 valence electrons. The lowest BCUT2D eigenvalue weighted by Gasteiger charge is -2.16. The molecule has 0 aliphatic heterocycles. The summed E-state index contributed by atoms with van der Waals surface area (Å²) in [4.78, 5) is 13.1. The summed E-state index contributed by atoms with van der Waals surface area (Å²) < 4.78 is 28.2. The molecule has 0 aliphatic rings. The Labute approximate surface area is 147 Å². The van der Waals surface area contributed by atoms with Crippen molar-refractivity contribution in [2.45, 2.75) is 17.9 Å². The lowest BCUT2D eigenvalue weighted by molar-refractivity contribution is 0.0686. The highest BCUT2D eigenvalue weighted by molar-refractivity contribution is 7.89. The summed E-state index contributed by atoms with van der Waals surface area (Å²) >= 11 is 0. The maximum Gasteiger partial charge on any atom is 0.352 e. The average molecular weight is 365 g/mol. The monoisotopic (exact) mass is 365 g/mol. The summed E-state index contributed by atoms with van der Waals surface area (Å²) in [6.07, 6.45) is 1.95. The number of carbonyl (C=O) groups is 1. The van der Waals surface area contributed by atoms with E-state index in [1.165, 1.54) is 23.4 Å². The largest absolute Gasteiger partial charge is 0.477 e. The number of hydrogen-bond donors (Lipinski definition) is 2. The van der Waals surface area contributed by atoms with Gasteiger partial charge in [-0.2, -0.15) is 0 Å². The minimum atomic E-state index is -3.70. The van der Waals surface area contributed by atoms with E-state index in [9.17, 15) is 13.2 Å². The Morgan fingerprint density at radius 2 is 1.96 bits per heavy atom. The second-order valence-corrected chi connectivity index (χ2v) is 7.72. The van der Waals surface area contributed by atoms with Gasteiger partial charge in [0.1, 0.15) is 10.6 Å². The number of carboxylic acids is 1. The van der Waals surface area contributed by atoms with Gasteiger partial charge in [-0.15, -0.1) is 0 Å². The van der Waals surface area contributed by atoms with Gasteiger partial charge in [0, 0.05) is 26.3 Å². The first-order valence-corrected chi connectivity index (χ1v) is 9.39. The number of aromatic carboxylic acids is 1. The summed E-state index contributed by atoms with van der Waals surface area (Å²) in [5.41, 5.74) is 1.14. The van der Waals surface area contributed by atoms with Crippen LogP contribution in [-0.2, 0) is 23.6 Å². The SMILES string of the molecule is CN(CCCNS(=O)(=O)c1cc(C(=O)O)n(C)c1)Cc1ccccc1. The van der Waals surface area contributed by atoms with E-state index in [-0.39, 0.29) is 10.6 Å². The van der Waals surface area contributed by atoms with Crippen LogP contribution in [0.15, 0.2) is 47.5 Å². The molecule has 25 heavy (non-hydrogen) atoms. The normalized spacial score (nSPS) is 11.8. The van der Waals surface area contributed by atoms with Gasteiger partial charge in [-0.3, -0.25) is 0 Å². The second-order valence-electron chi connectivity index (χ2n) is 5.95. The van der Waals surface area contributed by atoms with Crippen LogP contribution in [0, 0.1) is 0 Å². The van der Waals surface area contributed by atoms with Crippen molar-refractivity contribution < 1.29 is 18.3 Å². The van der Waals surface area contributed by atoms with Crippen LogP contribution in [0.2, 0.25) is 0 Å². The average Bonchev–Trinajstić information content (AvgIpc) is 2.96. The number of aromatic nitrogens is 1. The Bertz CT molecular complexity index is 816. The van der Waals surface area contributed by atoms with Crippen LogP contribution in [0.3, 0.4) is 0 Å². The third-order valence-corrected chi connectivity index (χ3v) is 5.24. The predicted molar refractivity (Wildman–Crippen MR) is 95.0 cm³/mol. The summed E-state index contributed by atoms with van der Waals surface area (Å²) in [6.45, 7) is 1.83. The summed E-state index contributed by atoms with van der Waals surface area (Å²) in [5.74, 6) is -1.16. The highest BCUT2D eigenvalue weighted by atomic mass is 32.2. The first-order valence-electron chi connectivity index (χ1n) is 7.91. The summed E-state index contributed by atoms with van der Waals surface area (Å²) in [7, 11) is -0.220. The molecule has 2 rings (SSSR count). The van der Waals surface area contributed by atoms with Crippen LogP contribution >= 0.6 is 0 Å². The summed E-state index contributed by atoms with van der Waals surface area (Å²) in [5, 5.41) is 9.00. The van der Waals surface area contributed by atoms with Crippen LogP contribution in [0.5, 0.6) is 0 Å². The molecule has 1 heterocycles. The maximum absolute atomic E-state index is 12.2. The number of benzene rings is 1. The standard InChI is InChI=1S/C17H23N3O4S/c1-19(12-14-7-4-3-5-8-14)10-6-9-18-25(23,24)15-11-16(17(21)22)20(2)13-15/h3-5,7-8,11,13,18H,6,9-10,12H2,1-2H3,(H,21,22).